The Morgan fingerprint density at radius 2 is 2.00 bits per heavy atom. The van der Waals surface area contributed by atoms with Crippen molar-refractivity contribution < 1.29 is 8.42 Å². The Bertz CT molecular complexity index is 466. The van der Waals surface area contributed by atoms with Gasteiger partial charge in [0.2, 0.25) is 0 Å². The molecule has 0 aromatic heterocycles. The number of hydrogen-bond donors (Lipinski definition) is 1. The SMILES string of the molecule is CCC(C)Nc1cc(S(C)(=O)=O)ccc1C. The number of hydrogen-bond acceptors (Lipinski definition) is 3. The van der Waals surface area contributed by atoms with Crippen LogP contribution in [-0.4, -0.2) is 20.7 Å². The van der Waals surface area contributed by atoms with Gasteiger partial charge in [0.15, 0.2) is 9.84 Å². The average Bonchev–Trinajstić information content (AvgIpc) is 2.19. The second-order valence-electron chi connectivity index (χ2n) is 4.20. The molecule has 0 amide bonds. The zero-order chi connectivity index (χ0) is 12.3. The predicted octanol–water partition coefficient (Wildman–Crippen LogP) is 2.61. The van der Waals surface area contributed by atoms with E-state index in [4.69, 9.17) is 0 Å². The largest absolute Gasteiger partial charge is 0.382 e. The number of sulfone groups is 1. The minimum atomic E-state index is -3.12. The molecule has 1 rings (SSSR count). The van der Waals surface area contributed by atoms with Crippen LogP contribution in [0.2, 0.25) is 0 Å². The van der Waals surface area contributed by atoms with Gasteiger partial charge in [0, 0.05) is 18.0 Å². The van der Waals surface area contributed by atoms with E-state index in [9.17, 15) is 8.42 Å². The van der Waals surface area contributed by atoms with E-state index in [1.165, 1.54) is 6.26 Å². The van der Waals surface area contributed by atoms with E-state index in [0.717, 1.165) is 17.7 Å². The molecule has 0 aliphatic heterocycles. The van der Waals surface area contributed by atoms with Crippen molar-refractivity contribution in [3.8, 4) is 0 Å². The van der Waals surface area contributed by atoms with E-state index in [2.05, 4.69) is 19.2 Å². The highest BCUT2D eigenvalue weighted by Gasteiger charge is 2.10. The molecule has 0 aliphatic carbocycles. The summed E-state index contributed by atoms with van der Waals surface area (Å²) in [6.45, 7) is 6.14. The van der Waals surface area contributed by atoms with Gasteiger partial charge in [-0.2, -0.15) is 0 Å². The molecule has 16 heavy (non-hydrogen) atoms. The first-order valence-corrected chi connectivity index (χ1v) is 7.31. The van der Waals surface area contributed by atoms with Crippen molar-refractivity contribution in [2.75, 3.05) is 11.6 Å². The molecule has 90 valence electrons. The van der Waals surface area contributed by atoms with Crippen LogP contribution in [0, 0.1) is 6.92 Å². The average molecular weight is 241 g/mol. The number of aryl methyl sites for hydroxylation is 1. The normalized spacial score (nSPS) is 13.5. The van der Waals surface area contributed by atoms with Gasteiger partial charge in [-0.05, 0) is 38.0 Å². The van der Waals surface area contributed by atoms with E-state index in [1.807, 2.05) is 13.0 Å². The minimum Gasteiger partial charge on any atom is -0.382 e. The van der Waals surface area contributed by atoms with Crippen molar-refractivity contribution in [2.24, 2.45) is 0 Å². The van der Waals surface area contributed by atoms with Gasteiger partial charge in [0.05, 0.1) is 4.90 Å². The third-order valence-corrected chi connectivity index (χ3v) is 3.76. The molecule has 3 nitrogen and oxygen atoms in total. The van der Waals surface area contributed by atoms with Crippen LogP contribution in [0.3, 0.4) is 0 Å². The smallest absolute Gasteiger partial charge is 0.175 e. The summed E-state index contributed by atoms with van der Waals surface area (Å²) in [6.07, 6.45) is 2.23. The molecule has 1 aromatic carbocycles. The Balaban J connectivity index is 3.09. The summed E-state index contributed by atoms with van der Waals surface area (Å²) in [5.74, 6) is 0. The van der Waals surface area contributed by atoms with Gasteiger partial charge in [-0.3, -0.25) is 0 Å². The summed E-state index contributed by atoms with van der Waals surface area (Å²) in [7, 11) is -3.12. The molecule has 0 aliphatic rings. The van der Waals surface area contributed by atoms with Crippen molar-refractivity contribution in [2.45, 2.75) is 38.1 Å². The highest BCUT2D eigenvalue weighted by atomic mass is 32.2. The van der Waals surface area contributed by atoms with Gasteiger partial charge in [-0.25, -0.2) is 8.42 Å². The standard InChI is InChI=1S/C12H19NO2S/c1-5-10(3)13-12-8-11(16(4,14)15)7-6-9(12)2/h6-8,10,13H,5H2,1-4H3. The number of anilines is 1. The molecule has 1 aromatic rings. The Labute approximate surface area is 97.8 Å². The fourth-order valence-electron chi connectivity index (χ4n) is 1.35. The zero-order valence-electron chi connectivity index (χ0n) is 10.2. The third-order valence-electron chi connectivity index (χ3n) is 2.65. The number of rotatable bonds is 4. The molecule has 0 heterocycles. The van der Waals surface area contributed by atoms with E-state index in [0.29, 0.717) is 10.9 Å². The van der Waals surface area contributed by atoms with Gasteiger partial charge in [-0.15, -0.1) is 0 Å². The minimum absolute atomic E-state index is 0.341. The second-order valence-corrected chi connectivity index (χ2v) is 6.22. The van der Waals surface area contributed by atoms with Crippen LogP contribution in [0.5, 0.6) is 0 Å². The lowest BCUT2D eigenvalue weighted by molar-refractivity contribution is 0.602. The lowest BCUT2D eigenvalue weighted by Gasteiger charge is -2.16. The van der Waals surface area contributed by atoms with E-state index in [-0.39, 0.29) is 0 Å². The maximum Gasteiger partial charge on any atom is 0.175 e. The van der Waals surface area contributed by atoms with Crippen molar-refractivity contribution in [3.05, 3.63) is 23.8 Å². The first-order valence-electron chi connectivity index (χ1n) is 5.42. The fourth-order valence-corrected chi connectivity index (χ4v) is 2.00. The Hall–Kier alpha value is -1.03. The molecule has 1 unspecified atom stereocenters. The maximum atomic E-state index is 11.4. The highest BCUT2D eigenvalue weighted by molar-refractivity contribution is 7.90. The second kappa shape index (κ2) is 4.87. The molecule has 1 atom stereocenters. The van der Waals surface area contributed by atoms with E-state index < -0.39 is 9.84 Å². The quantitative estimate of drug-likeness (QED) is 0.881. The first-order chi connectivity index (χ1) is 7.34. The molecule has 4 heteroatoms. The molecule has 0 fully saturated rings. The number of benzene rings is 1. The topological polar surface area (TPSA) is 46.2 Å². The highest BCUT2D eigenvalue weighted by Crippen LogP contribution is 2.21. The van der Waals surface area contributed by atoms with Crippen LogP contribution in [-0.2, 0) is 9.84 Å². The summed E-state index contributed by atoms with van der Waals surface area (Å²) in [6, 6.07) is 5.53. The van der Waals surface area contributed by atoms with Crippen LogP contribution in [0.4, 0.5) is 5.69 Å². The van der Waals surface area contributed by atoms with E-state index in [1.54, 1.807) is 12.1 Å². The van der Waals surface area contributed by atoms with Crippen LogP contribution in [0.1, 0.15) is 25.8 Å². The molecule has 0 saturated carbocycles. The fraction of sp³-hybridized carbons (Fsp3) is 0.500. The Kier molecular flexibility index (Phi) is 3.97. The van der Waals surface area contributed by atoms with Gasteiger partial charge < -0.3 is 5.32 Å². The van der Waals surface area contributed by atoms with Gasteiger partial charge in [0.25, 0.3) is 0 Å². The lowest BCUT2D eigenvalue weighted by atomic mass is 10.1. The zero-order valence-corrected chi connectivity index (χ0v) is 11.1. The van der Waals surface area contributed by atoms with Crippen molar-refractivity contribution in [1.29, 1.82) is 0 Å². The molecule has 0 radical (unpaired) electrons. The summed E-state index contributed by atoms with van der Waals surface area (Å²) in [4.78, 5) is 0.365. The Morgan fingerprint density at radius 3 is 2.50 bits per heavy atom. The van der Waals surface area contributed by atoms with Crippen LogP contribution >= 0.6 is 0 Å². The van der Waals surface area contributed by atoms with Crippen LogP contribution < -0.4 is 5.32 Å². The monoisotopic (exact) mass is 241 g/mol. The summed E-state index contributed by atoms with van der Waals surface area (Å²) < 4.78 is 22.8. The van der Waals surface area contributed by atoms with Gasteiger partial charge in [0.1, 0.15) is 0 Å². The van der Waals surface area contributed by atoms with Gasteiger partial charge >= 0.3 is 0 Å². The predicted molar refractivity (Wildman–Crippen MR) is 67.7 cm³/mol. The van der Waals surface area contributed by atoms with Crippen LogP contribution in [0.15, 0.2) is 23.1 Å². The molecule has 1 N–H and O–H groups in total. The summed E-state index contributed by atoms with van der Waals surface area (Å²) in [5, 5.41) is 3.31. The molecular weight excluding hydrogens is 222 g/mol. The Morgan fingerprint density at radius 1 is 1.38 bits per heavy atom. The van der Waals surface area contributed by atoms with Crippen molar-refractivity contribution in [3.63, 3.8) is 0 Å². The molecule has 0 bridgehead atoms. The van der Waals surface area contributed by atoms with E-state index >= 15 is 0 Å². The molecule has 0 spiro atoms. The van der Waals surface area contributed by atoms with Crippen LogP contribution in [0.25, 0.3) is 0 Å². The number of nitrogens with one attached hydrogen (secondary N) is 1. The molecule has 0 saturated heterocycles. The van der Waals surface area contributed by atoms with Crippen molar-refractivity contribution in [1.82, 2.24) is 0 Å². The first kappa shape index (κ1) is 13.0. The third kappa shape index (κ3) is 3.23. The van der Waals surface area contributed by atoms with Gasteiger partial charge in [-0.1, -0.05) is 13.0 Å². The van der Waals surface area contributed by atoms with Crippen molar-refractivity contribution >= 4 is 15.5 Å². The lowest BCUT2D eigenvalue weighted by Crippen LogP contribution is -2.14. The maximum absolute atomic E-state index is 11.4. The summed E-state index contributed by atoms with van der Waals surface area (Å²) in [5.41, 5.74) is 1.96. The molecular formula is C12H19NO2S. The summed E-state index contributed by atoms with van der Waals surface area (Å²) >= 11 is 0.